The van der Waals surface area contributed by atoms with Gasteiger partial charge in [0.2, 0.25) is 0 Å². The summed E-state index contributed by atoms with van der Waals surface area (Å²) >= 11 is 0. The fourth-order valence-corrected chi connectivity index (χ4v) is 3.12. The van der Waals surface area contributed by atoms with E-state index in [2.05, 4.69) is 0 Å². The van der Waals surface area contributed by atoms with Crippen molar-refractivity contribution in [2.75, 3.05) is 13.7 Å². The second-order valence-corrected chi connectivity index (χ2v) is 6.76. The molecule has 4 atom stereocenters. The normalized spacial score (nSPS) is 26.6. The van der Waals surface area contributed by atoms with Crippen molar-refractivity contribution in [1.82, 2.24) is 0 Å². The lowest BCUT2D eigenvalue weighted by Crippen LogP contribution is -2.56. The molecule has 148 valence electrons. The van der Waals surface area contributed by atoms with Gasteiger partial charge in [-0.3, -0.25) is 0 Å². The van der Waals surface area contributed by atoms with Crippen LogP contribution < -0.4 is 5.73 Å². The SMILES string of the molecule is COC1O[C@H](COC(=O)c2ccccc2)[C@@H](OC(=O)c2ccccc2)[C@@]1(C)N. The van der Waals surface area contributed by atoms with E-state index in [1.54, 1.807) is 67.6 Å². The van der Waals surface area contributed by atoms with Crippen molar-refractivity contribution in [2.24, 2.45) is 5.73 Å². The molecule has 0 bridgehead atoms. The molecule has 3 rings (SSSR count). The third kappa shape index (κ3) is 4.22. The zero-order valence-electron chi connectivity index (χ0n) is 15.7. The number of carbonyl (C=O) groups excluding carboxylic acids is 2. The van der Waals surface area contributed by atoms with Crippen LogP contribution in [0.3, 0.4) is 0 Å². The third-order valence-electron chi connectivity index (χ3n) is 4.60. The Bertz CT molecular complexity index is 808. The molecule has 1 saturated heterocycles. The Labute approximate surface area is 163 Å². The second-order valence-electron chi connectivity index (χ2n) is 6.76. The highest BCUT2D eigenvalue weighted by molar-refractivity contribution is 5.90. The standard InChI is InChI=1S/C21H23NO6/c1-21(22)17(28-19(24)15-11-7-4-8-12-15)16(27-20(21)25-2)13-26-18(23)14-9-5-3-6-10-14/h3-12,16-17,20H,13,22H2,1-2H3/t16-,17-,20?,21-/m1/s1. The third-order valence-corrected chi connectivity index (χ3v) is 4.60. The number of methoxy groups -OCH3 is 1. The maximum Gasteiger partial charge on any atom is 0.338 e. The molecule has 28 heavy (non-hydrogen) atoms. The quantitative estimate of drug-likeness (QED) is 0.761. The van der Waals surface area contributed by atoms with Crippen LogP contribution in [0, 0.1) is 0 Å². The summed E-state index contributed by atoms with van der Waals surface area (Å²) in [5, 5.41) is 0. The molecule has 1 aliphatic heterocycles. The highest BCUT2D eigenvalue weighted by atomic mass is 16.7. The first-order valence-electron chi connectivity index (χ1n) is 8.89. The minimum atomic E-state index is -1.12. The van der Waals surface area contributed by atoms with Crippen molar-refractivity contribution >= 4 is 11.9 Å². The summed E-state index contributed by atoms with van der Waals surface area (Å²) in [7, 11) is 1.45. The van der Waals surface area contributed by atoms with Crippen molar-refractivity contribution in [3.05, 3.63) is 71.8 Å². The highest BCUT2D eigenvalue weighted by Gasteiger charge is 2.54. The van der Waals surface area contributed by atoms with E-state index >= 15 is 0 Å². The zero-order chi connectivity index (χ0) is 20.1. The molecular weight excluding hydrogens is 362 g/mol. The van der Waals surface area contributed by atoms with Crippen molar-refractivity contribution in [3.63, 3.8) is 0 Å². The fourth-order valence-electron chi connectivity index (χ4n) is 3.12. The molecule has 7 heteroatoms. The van der Waals surface area contributed by atoms with E-state index in [0.29, 0.717) is 11.1 Å². The van der Waals surface area contributed by atoms with Gasteiger partial charge in [-0.05, 0) is 31.2 Å². The Morgan fingerprint density at radius 1 is 1.00 bits per heavy atom. The molecular formula is C21H23NO6. The van der Waals surface area contributed by atoms with Gasteiger partial charge in [-0.1, -0.05) is 36.4 Å². The van der Waals surface area contributed by atoms with Gasteiger partial charge < -0.3 is 24.7 Å². The van der Waals surface area contributed by atoms with Gasteiger partial charge in [0, 0.05) is 7.11 Å². The van der Waals surface area contributed by atoms with Crippen molar-refractivity contribution in [2.45, 2.75) is 31.0 Å². The van der Waals surface area contributed by atoms with Crippen LogP contribution in [0.25, 0.3) is 0 Å². The number of esters is 2. The number of nitrogens with two attached hydrogens (primary N) is 1. The summed E-state index contributed by atoms with van der Waals surface area (Å²) in [6.45, 7) is 1.54. The van der Waals surface area contributed by atoms with E-state index < -0.39 is 36.0 Å². The molecule has 1 heterocycles. The number of rotatable bonds is 6. The fraction of sp³-hybridized carbons (Fsp3) is 0.333. The van der Waals surface area contributed by atoms with Crippen molar-refractivity contribution in [3.8, 4) is 0 Å². The molecule has 0 amide bonds. The summed E-state index contributed by atoms with van der Waals surface area (Å²) in [4.78, 5) is 24.7. The molecule has 2 N–H and O–H groups in total. The van der Waals surface area contributed by atoms with Crippen LogP contribution in [0.5, 0.6) is 0 Å². The Morgan fingerprint density at radius 2 is 1.54 bits per heavy atom. The molecule has 1 aliphatic rings. The molecule has 1 fully saturated rings. The Kier molecular flexibility index (Phi) is 6.08. The van der Waals surface area contributed by atoms with Gasteiger partial charge in [0.15, 0.2) is 12.4 Å². The number of ether oxygens (including phenoxy) is 4. The van der Waals surface area contributed by atoms with Crippen LogP contribution in [-0.4, -0.2) is 49.7 Å². The molecule has 7 nitrogen and oxygen atoms in total. The van der Waals surface area contributed by atoms with E-state index in [-0.39, 0.29) is 6.61 Å². The summed E-state index contributed by atoms with van der Waals surface area (Å²) in [6, 6.07) is 17.1. The molecule has 0 aromatic heterocycles. The molecule has 0 spiro atoms. The monoisotopic (exact) mass is 385 g/mol. The lowest BCUT2D eigenvalue weighted by Gasteiger charge is -2.29. The first-order chi connectivity index (χ1) is 13.4. The van der Waals surface area contributed by atoms with Gasteiger partial charge in [0.25, 0.3) is 0 Å². The average Bonchev–Trinajstić information content (AvgIpc) is 2.96. The number of hydrogen-bond donors (Lipinski definition) is 1. The summed E-state index contributed by atoms with van der Waals surface area (Å²) in [5.74, 6) is -1.04. The van der Waals surface area contributed by atoms with E-state index in [1.165, 1.54) is 7.11 Å². The maximum absolute atomic E-state index is 12.5. The summed E-state index contributed by atoms with van der Waals surface area (Å²) in [6.07, 6.45) is -2.45. The van der Waals surface area contributed by atoms with Gasteiger partial charge in [-0.25, -0.2) is 9.59 Å². The molecule has 2 aromatic carbocycles. The van der Waals surface area contributed by atoms with Crippen molar-refractivity contribution < 1.29 is 28.5 Å². The molecule has 0 saturated carbocycles. The summed E-state index contributed by atoms with van der Waals surface area (Å²) in [5.41, 5.74) is 6.02. The topological polar surface area (TPSA) is 97.1 Å². The van der Waals surface area contributed by atoms with Gasteiger partial charge in [0.05, 0.1) is 11.1 Å². The van der Waals surface area contributed by atoms with Gasteiger partial charge in [-0.2, -0.15) is 0 Å². The first kappa shape index (κ1) is 20.0. The average molecular weight is 385 g/mol. The van der Waals surface area contributed by atoms with Gasteiger partial charge in [-0.15, -0.1) is 0 Å². The Hall–Kier alpha value is -2.74. The molecule has 0 aliphatic carbocycles. The van der Waals surface area contributed by atoms with E-state index in [0.717, 1.165) is 0 Å². The van der Waals surface area contributed by atoms with Crippen LogP contribution in [0.2, 0.25) is 0 Å². The predicted molar refractivity (Wildman–Crippen MR) is 101 cm³/mol. The predicted octanol–water partition coefficient (Wildman–Crippen LogP) is 2.16. The molecule has 2 aromatic rings. The minimum Gasteiger partial charge on any atom is -0.459 e. The van der Waals surface area contributed by atoms with Crippen molar-refractivity contribution in [1.29, 1.82) is 0 Å². The lowest BCUT2D eigenvalue weighted by molar-refractivity contribution is -0.142. The number of benzene rings is 2. The van der Waals surface area contributed by atoms with Crippen LogP contribution in [0.1, 0.15) is 27.6 Å². The van der Waals surface area contributed by atoms with E-state index in [1.807, 2.05) is 0 Å². The van der Waals surface area contributed by atoms with E-state index in [4.69, 9.17) is 24.7 Å². The number of hydrogen-bond acceptors (Lipinski definition) is 7. The highest BCUT2D eigenvalue weighted by Crippen LogP contribution is 2.32. The van der Waals surface area contributed by atoms with Crippen LogP contribution in [0.4, 0.5) is 0 Å². The smallest absolute Gasteiger partial charge is 0.338 e. The Morgan fingerprint density at radius 3 is 2.07 bits per heavy atom. The maximum atomic E-state index is 12.5. The summed E-state index contributed by atoms with van der Waals surface area (Å²) < 4.78 is 22.0. The first-order valence-corrected chi connectivity index (χ1v) is 8.89. The van der Waals surface area contributed by atoms with Gasteiger partial charge >= 0.3 is 11.9 Å². The largest absolute Gasteiger partial charge is 0.459 e. The minimum absolute atomic E-state index is 0.132. The molecule has 0 radical (unpaired) electrons. The molecule has 1 unspecified atom stereocenters. The van der Waals surface area contributed by atoms with Crippen LogP contribution in [0.15, 0.2) is 60.7 Å². The van der Waals surface area contributed by atoms with Crippen LogP contribution in [-0.2, 0) is 18.9 Å². The van der Waals surface area contributed by atoms with Gasteiger partial charge in [0.1, 0.15) is 18.2 Å². The van der Waals surface area contributed by atoms with E-state index in [9.17, 15) is 9.59 Å². The Balaban J connectivity index is 1.72. The second kappa shape index (κ2) is 8.52. The lowest BCUT2D eigenvalue weighted by atomic mass is 9.94. The number of carbonyl (C=O) groups is 2. The zero-order valence-corrected chi connectivity index (χ0v) is 15.7. The van der Waals surface area contributed by atoms with Crippen LogP contribution >= 0.6 is 0 Å².